The Morgan fingerprint density at radius 1 is 1.10 bits per heavy atom. The predicted octanol–water partition coefficient (Wildman–Crippen LogP) is 5.78. The smallest absolute Gasteiger partial charge is 0.158 e. The van der Waals surface area contributed by atoms with Gasteiger partial charge in [0.15, 0.2) is 6.29 Å². The maximum Gasteiger partial charge on any atom is 0.158 e. The Balaban J connectivity index is 1.39. The lowest BCUT2D eigenvalue weighted by Crippen LogP contribution is -2.50. The van der Waals surface area contributed by atoms with Crippen LogP contribution in [0.3, 0.4) is 0 Å². The van der Waals surface area contributed by atoms with E-state index in [2.05, 4.69) is 33.8 Å². The summed E-state index contributed by atoms with van der Waals surface area (Å²) >= 11 is 0. The molecule has 0 spiro atoms. The molecular weight excluding hydrogens is 360 g/mol. The van der Waals surface area contributed by atoms with E-state index < -0.39 is 0 Å². The molecule has 1 heterocycles. The highest BCUT2D eigenvalue weighted by Crippen LogP contribution is 2.66. The molecule has 5 rings (SSSR count). The van der Waals surface area contributed by atoms with Gasteiger partial charge in [-0.15, -0.1) is 0 Å². The minimum Gasteiger partial charge on any atom is -0.350 e. The van der Waals surface area contributed by atoms with Gasteiger partial charge in [-0.2, -0.15) is 0 Å². The summed E-state index contributed by atoms with van der Waals surface area (Å²) in [4.78, 5) is 13.3. The molecule has 0 aromatic heterocycles. The summed E-state index contributed by atoms with van der Waals surface area (Å²) < 4.78 is 11.4. The molecule has 0 N–H and O–H groups in total. The molecule has 1 saturated heterocycles. The number of hydrogen-bond acceptors (Lipinski definition) is 3. The molecule has 1 aliphatic heterocycles. The van der Waals surface area contributed by atoms with Crippen molar-refractivity contribution < 1.29 is 14.3 Å². The third-order valence-electron chi connectivity index (χ3n) is 10.1. The second-order valence-electron chi connectivity index (χ2n) is 11.7. The van der Waals surface area contributed by atoms with Crippen molar-refractivity contribution in [2.75, 3.05) is 13.2 Å². The van der Waals surface area contributed by atoms with Gasteiger partial charge in [0.1, 0.15) is 5.78 Å². The first-order valence-electron chi connectivity index (χ1n) is 12.3. The van der Waals surface area contributed by atoms with Gasteiger partial charge in [0.2, 0.25) is 0 Å². The fourth-order valence-corrected chi connectivity index (χ4v) is 8.62. The third-order valence-corrected chi connectivity index (χ3v) is 10.1. The summed E-state index contributed by atoms with van der Waals surface area (Å²) in [7, 11) is 0. The van der Waals surface area contributed by atoms with Gasteiger partial charge in [-0.1, -0.05) is 39.3 Å². The molecule has 4 aliphatic carbocycles. The first kappa shape index (κ1) is 20.2. The number of fused-ring (bicyclic) bond motifs is 5. The highest BCUT2D eigenvalue weighted by atomic mass is 16.7. The van der Waals surface area contributed by atoms with E-state index in [1.165, 1.54) is 38.5 Å². The molecule has 29 heavy (non-hydrogen) atoms. The lowest BCUT2D eigenvalue weighted by Gasteiger charge is -2.58. The van der Waals surface area contributed by atoms with Crippen molar-refractivity contribution >= 4 is 5.78 Å². The quantitative estimate of drug-likeness (QED) is 0.563. The molecule has 3 heteroatoms. The molecule has 0 amide bonds. The average molecular weight is 401 g/mol. The van der Waals surface area contributed by atoms with Crippen LogP contribution < -0.4 is 0 Å². The lowest BCUT2D eigenvalue weighted by molar-refractivity contribution is -0.127. The summed E-state index contributed by atoms with van der Waals surface area (Å²) in [6, 6.07) is 0. The second kappa shape index (κ2) is 7.19. The van der Waals surface area contributed by atoms with Crippen molar-refractivity contribution in [2.24, 2.45) is 46.3 Å². The Hall–Kier alpha value is -0.670. The second-order valence-corrected chi connectivity index (χ2v) is 11.7. The van der Waals surface area contributed by atoms with E-state index in [0.29, 0.717) is 42.2 Å². The Labute approximate surface area is 177 Å². The van der Waals surface area contributed by atoms with Crippen LogP contribution in [0.2, 0.25) is 0 Å². The third kappa shape index (κ3) is 3.09. The zero-order valence-electron chi connectivity index (χ0n) is 18.9. The average Bonchev–Trinajstić information content (AvgIpc) is 3.26. The van der Waals surface area contributed by atoms with Gasteiger partial charge >= 0.3 is 0 Å². The van der Waals surface area contributed by atoms with Crippen molar-refractivity contribution in [3.63, 3.8) is 0 Å². The van der Waals surface area contributed by atoms with E-state index in [0.717, 1.165) is 24.7 Å². The molecular formula is C26H40O3. The molecule has 0 aromatic rings. The number of hydrogen-bond donors (Lipinski definition) is 0. The molecule has 162 valence electrons. The molecule has 0 aromatic carbocycles. The van der Waals surface area contributed by atoms with Crippen LogP contribution in [0.4, 0.5) is 0 Å². The Bertz CT molecular complexity index is 692. The van der Waals surface area contributed by atoms with Crippen LogP contribution in [0.25, 0.3) is 0 Å². The number of Topliss-reactive ketones (excluding diaryl/α,β-unsaturated/α-hetero) is 1. The van der Waals surface area contributed by atoms with E-state index in [9.17, 15) is 4.79 Å². The van der Waals surface area contributed by atoms with Gasteiger partial charge in [0, 0.05) is 18.8 Å². The summed E-state index contributed by atoms with van der Waals surface area (Å²) in [5.41, 5.74) is 2.32. The molecule has 3 nitrogen and oxygen atoms in total. The number of carbonyl (C=O) groups is 1. The van der Waals surface area contributed by atoms with Crippen molar-refractivity contribution in [3.05, 3.63) is 11.6 Å². The minimum absolute atomic E-state index is 0.0971. The van der Waals surface area contributed by atoms with Crippen molar-refractivity contribution in [1.29, 1.82) is 0 Å². The molecule has 8 atom stereocenters. The van der Waals surface area contributed by atoms with Crippen LogP contribution in [-0.4, -0.2) is 25.3 Å². The molecule has 0 bridgehead atoms. The first-order valence-corrected chi connectivity index (χ1v) is 12.3. The van der Waals surface area contributed by atoms with Crippen LogP contribution in [0.15, 0.2) is 11.6 Å². The van der Waals surface area contributed by atoms with Crippen molar-refractivity contribution in [1.82, 2.24) is 0 Å². The number of carbonyl (C=O) groups excluding carboxylic acids is 1. The largest absolute Gasteiger partial charge is 0.350 e. The Morgan fingerprint density at radius 2 is 1.86 bits per heavy atom. The van der Waals surface area contributed by atoms with Crippen LogP contribution in [-0.2, 0) is 14.3 Å². The predicted molar refractivity (Wildman–Crippen MR) is 114 cm³/mol. The summed E-state index contributed by atoms with van der Waals surface area (Å²) in [6.45, 7) is 11.1. The Morgan fingerprint density at radius 3 is 2.62 bits per heavy atom. The SMILES string of the molecule is C[C@H]1CCC2(C)C(=CC[C@@H]3[C@@H]2CC[C@]2(C)[C@@H]([C@H](C)CC4OCCO4)C(=O)C[C@@H]32)C1. The normalized spacial score (nSPS) is 48.6. The zero-order valence-corrected chi connectivity index (χ0v) is 18.9. The highest BCUT2D eigenvalue weighted by Gasteiger charge is 2.61. The van der Waals surface area contributed by atoms with Crippen molar-refractivity contribution in [2.45, 2.75) is 85.4 Å². The molecule has 4 fully saturated rings. The molecule has 0 radical (unpaired) electrons. The number of ketones is 1. The number of rotatable bonds is 3. The minimum atomic E-state index is -0.0971. The fourth-order valence-electron chi connectivity index (χ4n) is 8.62. The number of ether oxygens (including phenoxy) is 2. The van der Waals surface area contributed by atoms with Crippen LogP contribution in [0, 0.1) is 46.3 Å². The molecule has 3 saturated carbocycles. The first-order chi connectivity index (χ1) is 13.8. The summed E-state index contributed by atoms with van der Waals surface area (Å²) in [6.07, 6.45) is 12.0. The monoisotopic (exact) mass is 400 g/mol. The van der Waals surface area contributed by atoms with Gasteiger partial charge in [-0.25, -0.2) is 0 Å². The van der Waals surface area contributed by atoms with Gasteiger partial charge in [0.25, 0.3) is 0 Å². The van der Waals surface area contributed by atoms with Crippen LogP contribution >= 0.6 is 0 Å². The van der Waals surface area contributed by atoms with Crippen molar-refractivity contribution in [3.8, 4) is 0 Å². The summed E-state index contributed by atoms with van der Waals surface area (Å²) in [5, 5.41) is 0. The zero-order chi connectivity index (χ0) is 20.4. The van der Waals surface area contributed by atoms with E-state index in [4.69, 9.17) is 9.47 Å². The Kier molecular flexibility index (Phi) is 5.02. The van der Waals surface area contributed by atoms with E-state index in [-0.39, 0.29) is 17.6 Å². The van der Waals surface area contributed by atoms with Gasteiger partial charge in [-0.05, 0) is 78.9 Å². The molecule has 1 unspecified atom stereocenters. The van der Waals surface area contributed by atoms with Crippen LogP contribution in [0.1, 0.15) is 79.1 Å². The van der Waals surface area contributed by atoms with E-state index in [1.54, 1.807) is 5.57 Å². The van der Waals surface area contributed by atoms with Crippen LogP contribution in [0.5, 0.6) is 0 Å². The highest BCUT2D eigenvalue weighted by molar-refractivity contribution is 5.85. The fraction of sp³-hybridized carbons (Fsp3) is 0.885. The standard InChI is InChI=1S/C26H40O3/c1-16-7-9-25(3)18(13-16)5-6-19-20(25)8-10-26(4)21(19)15-22(27)24(26)17(2)14-23-28-11-12-29-23/h5,16-17,19-21,23-24H,6-15H2,1-4H3/t16-,17+,19+,20-,21-,24-,25?,26-/m0/s1. The van der Waals surface area contributed by atoms with Gasteiger partial charge in [0.05, 0.1) is 13.2 Å². The van der Waals surface area contributed by atoms with Gasteiger partial charge < -0.3 is 9.47 Å². The number of allylic oxidation sites excluding steroid dienone is 2. The van der Waals surface area contributed by atoms with Gasteiger partial charge in [-0.3, -0.25) is 4.79 Å². The maximum absolute atomic E-state index is 13.3. The maximum atomic E-state index is 13.3. The topological polar surface area (TPSA) is 35.5 Å². The molecule has 5 aliphatic rings. The van der Waals surface area contributed by atoms with E-state index >= 15 is 0 Å². The summed E-state index contributed by atoms with van der Waals surface area (Å²) in [5.74, 6) is 3.97. The lowest BCUT2D eigenvalue weighted by atomic mass is 9.46. The van der Waals surface area contributed by atoms with E-state index in [1.807, 2.05) is 0 Å².